The van der Waals surface area contributed by atoms with E-state index >= 15 is 0 Å². The number of hydrogen-bond acceptors (Lipinski definition) is 4. The average Bonchev–Trinajstić information content (AvgIpc) is 2.53. The predicted octanol–water partition coefficient (Wildman–Crippen LogP) is 4.90. The van der Waals surface area contributed by atoms with E-state index in [0.29, 0.717) is 17.9 Å². The summed E-state index contributed by atoms with van der Waals surface area (Å²) in [5.74, 6) is -1.50. The highest BCUT2D eigenvalue weighted by atomic mass is 35.5. The molecule has 0 spiro atoms. The number of anilines is 1. The third-order valence-electron chi connectivity index (χ3n) is 3.16. The molecular formula is C17H23ClFNO3S. The predicted molar refractivity (Wildman–Crippen MR) is 96.1 cm³/mol. The van der Waals surface area contributed by atoms with Crippen molar-refractivity contribution in [2.24, 2.45) is 5.92 Å². The topological polar surface area (TPSA) is 55.4 Å². The zero-order valence-electron chi connectivity index (χ0n) is 14.3. The molecule has 0 bridgehead atoms. The Morgan fingerprint density at radius 2 is 2.00 bits per heavy atom. The van der Waals surface area contributed by atoms with Crippen molar-refractivity contribution in [2.45, 2.75) is 50.7 Å². The lowest BCUT2D eigenvalue weighted by Gasteiger charge is -2.16. The van der Waals surface area contributed by atoms with Gasteiger partial charge in [0.2, 0.25) is 5.91 Å². The Hall–Kier alpha value is -1.27. The number of halogens is 2. The number of thioether (sulfide) groups is 1. The van der Waals surface area contributed by atoms with E-state index in [1.807, 2.05) is 13.8 Å². The van der Waals surface area contributed by atoms with E-state index in [4.69, 9.17) is 16.3 Å². The Labute approximate surface area is 151 Å². The van der Waals surface area contributed by atoms with Crippen LogP contribution in [0.3, 0.4) is 0 Å². The van der Waals surface area contributed by atoms with E-state index in [1.165, 1.54) is 17.8 Å². The van der Waals surface area contributed by atoms with Gasteiger partial charge in [-0.05, 0) is 25.0 Å². The summed E-state index contributed by atoms with van der Waals surface area (Å²) in [6, 6.07) is 2.60. The maximum atomic E-state index is 14.0. The van der Waals surface area contributed by atoms with Gasteiger partial charge in [0.1, 0.15) is 11.1 Å². The van der Waals surface area contributed by atoms with E-state index in [9.17, 15) is 14.0 Å². The summed E-state index contributed by atoms with van der Waals surface area (Å²) in [5.41, 5.74) is 0.0531. The fourth-order valence-corrected chi connectivity index (χ4v) is 3.02. The molecule has 0 aliphatic rings. The normalized spacial score (nSPS) is 12.1. The number of benzene rings is 1. The fourth-order valence-electron chi connectivity index (χ4n) is 1.74. The highest BCUT2D eigenvalue weighted by Crippen LogP contribution is 2.36. The Kier molecular flexibility index (Phi) is 8.56. The van der Waals surface area contributed by atoms with Crippen molar-refractivity contribution in [3.63, 3.8) is 0 Å². The molecular weight excluding hydrogens is 353 g/mol. The summed E-state index contributed by atoms with van der Waals surface area (Å²) < 4.78 is 19.2. The average molecular weight is 376 g/mol. The molecule has 1 unspecified atom stereocenters. The van der Waals surface area contributed by atoms with Crippen LogP contribution >= 0.6 is 23.4 Å². The summed E-state index contributed by atoms with van der Waals surface area (Å²) in [7, 11) is 0. The molecule has 0 fully saturated rings. The SMILES string of the molecule is CCCOC(=O)C(CC)Sc1cc(NC(=O)C(C)C)c(F)cc1Cl. The van der Waals surface area contributed by atoms with Gasteiger partial charge in [0.05, 0.1) is 17.3 Å². The quantitative estimate of drug-likeness (QED) is 0.518. The molecule has 1 aromatic rings. The standard InChI is InChI=1S/C17H23ClFNO3S/c1-5-7-23-17(22)14(6-2)24-15-9-13(12(19)8-11(15)18)20-16(21)10(3)4/h8-10,14H,5-7H2,1-4H3,(H,20,21). The van der Waals surface area contributed by atoms with Gasteiger partial charge in [0, 0.05) is 10.8 Å². The first-order chi connectivity index (χ1) is 11.3. The summed E-state index contributed by atoms with van der Waals surface area (Å²) in [6.45, 7) is 7.58. The molecule has 0 heterocycles. The van der Waals surface area contributed by atoms with Crippen molar-refractivity contribution in [1.82, 2.24) is 0 Å². The van der Waals surface area contributed by atoms with Crippen LogP contribution in [0.25, 0.3) is 0 Å². The molecule has 0 saturated heterocycles. The Morgan fingerprint density at radius 3 is 2.54 bits per heavy atom. The molecule has 1 amide bonds. The molecule has 1 N–H and O–H groups in total. The van der Waals surface area contributed by atoms with E-state index in [1.54, 1.807) is 13.8 Å². The van der Waals surface area contributed by atoms with Gasteiger partial charge < -0.3 is 10.1 Å². The van der Waals surface area contributed by atoms with Crippen molar-refractivity contribution in [2.75, 3.05) is 11.9 Å². The lowest BCUT2D eigenvalue weighted by molar-refractivity contribution is -0.143. The van der Waals surface area contributed by atoms with Gasteiger partial charge in [-0.2, -0.15) is 0 Å². The zero-order valence-corrected chi connectivity index (χ0v) is 15.9. The van der Waals surface area contributed by atoms with Crippen LogP contribution in [0.4, 0.5) is 10.1 Å². The first-order valence-corrected chi connectivity index (χ1v) is 9.19. The number of carbonyl (C=O) groups excluding carboxylic acids is 2. The molecule has 0 saturated carbocycles. The van der Waals surface area contributed by atoms with Gasteiger partial charge in [0.25, 0.3) is 0 Å². The highest BCUT2D eigenvalue weighted by Gasteiger charge is 2.22. The Bertz CT molecular complexity index is 595. The van der Waals surface area contributed by atoms with Crippen LogP contribution in [-0.2, 0) is 14.3 Å². The first kappa shape index (κ1) is 20.8. The minimum Gasteiger partial charge on any atom is -0.465 e. The second-order valence-corrected chi connectivity index (χ2v) is 7.24. The number of carbonyl (C=O) groups is 2. The summed E-state index contributed by atoms with van der Waals surface area (Å²) in [4.78, 5) is 24.3. The van der Waals surface area contributed by atoms with Crippen LogP contribution in [-0.4, -0.2) is 23.7 Å². The third-order valence-corrected chi connectivity index (χ3v) is 4.98. The van der Waals surface area contributed by atoms with Gasteiger partial charge in [-0.25, -0.2) is 4.39 Å². The molecule has 0 aliphatic carbocycles. The number of rotatable bonds is 8. The van der Waals surface area contributed by atoms with Crippen molar-refractivity contribution < 1.29 is 18.7 Å². The molecule has 0 aliphatic heterocycles. The van der Waals surface area contributed by atoms with Crippen LogP contribution < -0.4 is 5.32 Å². The number of nitrogens with one attached hydrogen (secondary N) is 1. The lowest BCUT2D eigenvalue weighted by Crippen LogP contribution is -2.20. The number of esters is 1. The van der Waals surface area contributed by atoms with Crippen molar-refractivity contribution in [3.05, 3.63) is 23.0 Å². The highest BCUT2D eigenvalue weighted by molar-refractivity contribution is 8.00. The zero-order chi connectivity index (χ0) is 18.3. The fraction of sp³-hybridized carbons (Fsp3) is 0.529. The van der Waals surface area contributed by atoms with E-state index < -0.39 is 11.1 Å². The molecule has 7 heteroatoms. The molecule has 0 radical (unpaired) electrons. The van der Waals surface area contributed by atoms with Gasteiger partial charge in [-0.1, -0.05) is 39.3 Å². The van der Waals surface area contributed by atoms with Gasteiger partial charge in [-0.15, -0.1) is 11.8 Å². The van der Waals surface area contributed by atoms with Crippen molar-refractivity contribution >= 4 is 40.9 Å². The molecule has 0 aromatic heterocycles. The number of hydrogen-bond donors (Lipinski definition) is 1. The summed E-state index contributed by atoms with van der Waals surface area (Å²) in [5, 5.41) is 2.29. The smallest absolute Gasteiger partial charge is 0.319 e. The molecule has 134 valence electrons. The van der Waals surface area contributed by atoms with Crippen LogP contribution in [0, 0.1) is 11.7 Å². The van der Waals surface area contributed by atoms with Gasteiger partial charge in [0.15, 0.2) is 0 Å². The van der Waals surface area contributed by atoms with Crippen LogP contribution in [0.15, 0.2) is 17.0 Å². The number of amides is 1. The molecule has 1 rings (SSSR count). The second-order valence-electron chi connectivity index (χ2n) is 5.59. The summed E-state index contributed by atoms with van der Waals surface area (Å²) in [6.07, 6.45) is 1.30. The van der Waals surface area contributed by atoms with E-state index in [2.05, 4.69) is 5.32 Å². The van der Waals surface area contributed by atoms with Crippen LogP contribution in [0.2, 0.25) is 5.02 Å². The second kappa shape index (κ2) is 9.89. The van der Waals surface area contributed by atoms with E-state index in [-0.39, 0.29) is 28.5 Å². The molecule has 1 atom stereocenters. The summed E-state index contributed by atoms with van der Waals surface area (Å²) >= 11 is 7.29. The minimum atomic E-state index is -0.611. The van der Waals surface area contributed by atoms with Crippen molar-refractivity contribution in [3.8, 4) is 0 Å². The first-order valence-electron chi connectivity index (χ1n) is 7.93. The molecule has 1 aromatic carbocycles. The van der Waals surface area contributed by atoms with Gasteiger partial charge in [-0.3, -0.25) is 9.59 Å². The van der Waals surface area contributed by atoms with Crippen LogP contribution in [0.5, 0.6) is 0 Å². The number of ether oxygens (including phenoxy) is 1. The Balaban J connectivity index is 2.97. The lowest BCUT2D eigenvalue weighted by atomic mass is 10.2. The largest absolute Gasteiger partial charge is 0.465 e. The molecule has 24 heavy (non-hydrogen) atoms. The maximum Gasteiger partial charge on any atom is 0.319 e. The maximum absolute atomic E-state index is 14.0. The Morgan fingerprint density at radius 1 is 1.33 bits per heavy atom. The van der Waals surface area contributed by atoms with E-state index in [0.717, 1.165) is 12.5 Å². The van der Waals surface area contributed by atoms with Crippen LogP contribution in [0.1, 0.15) is 40.5 Å². The molecule has 4 nitrogen and oxygen atoms in total. The van der Waals surface area contributed by atoms with Gasteiger partial charge >= 0.3 is 5.97 Å². The van der Waals surface area contributed by atoms with Crippen molar-refractivity contribution in [1.29, 1.82) is 0 Å². The monoisotopic (exact) mass is 375 g/mol. The third kappa shape index (κ3) is 5.98. The minimum absolute atomic E-state index is 0.0531.